The number of halogens is 1. The molecule has 1 atom stereocenters. The molecule has 0 aromatic heterocycles. The number of benzene rings is 2. The molecule has 104 valence electrons. The van der Waals surface area contributed by atoms with Gasteiger partial charge in [0.1, 0.15) is 17.6 Å². The zero-order valence-corrected chi connectivity index (χ0v) is 11.7. The highest BCUT2D eigenvalue weighted by Gasteiger charge is 2.21. The summed E-state index contributed by atoms with van der Waals surface area (Å²) in [6.07, 6.45) is 1.07. The molecule has 1 unspecified atom stereocenters. The minimum absolute atomic E-state index is 0.147. The van der Waals surface area contributed by atoms with E-state index in [-0.39, 0.29) is 11.9 Å². The number of para-hydroxylation sites is 1. The Labute approximate surface area is 123 Å². The largest absolute Gasteiger partial charge is 0.508 e. The number of rotatable bonds is 4. The fraction of sp³-hybridized carbons (Fsp3) is 0.250. The van der Waals surface area contributed by atoms with Gasteiger partial charge in [-0.2, -0.15) is 0 Å². The third-order valence-electron chi connectivity index (χ3n) is 3.44. The van der Waals surface area contributed by atoms with Gasteiger partial charge in [-0.15, -0.1) is 0 Å². The number of hydrogen-bond donors (Lipinski definition) is 2. The average Bonchev–Trinajstić information content (AvgIpc) is 2.85. The van der Waals surface area contributed by atoms with E-state index in [9.17, 15) is 5.11 Å². The molecular weight excluding hydrogens is 274 g/mol. The second kappa shape index (κ2) is 5.73. The molecule has 4 heteroatoms. The Morgan fingerprint density at radius 2 is 2.10 bits per heavy atom. The van der Waals surface area contributed by atoms with Crippen LogP contribution in [-0.4, -0.2) is 17.8 Å². The minimum Gasteiger partial charge on any atom is -0.508 e. The fourth-order valence-corrected chi connectivity index (χ4v) is 2.63. The quantitative estimate of drug-likeness (QED) is 0.908. The monoisotopic (exact) mass is 289 g/mol. The first-order chi connectivity index (χ1) is 9.72. The van der Waals surface area contributed by atoms with E-state index in [0.29, 0.717) is 11.6 Å². The molecule has 2 aromatic rings. The molecule has 0 spiro atoms. The first-order valence-corrected chi connectivity index (χ1v) is 7.03. The molecule has 2 aromatic carbocycles. The van der Waals surface area contributed by atoms with Gasteiger partial charge in [0.25, 0.3) is 0 Å². The van der Waals surface area contributed by atoms with Crippen LogP contribution in [0, 0.1) is 0 Å². The van der Waals surface area contributed by atoms with Crippen molar-refractivity contribution in [3.05, 3.63) is 58.6 Å². The van der Waals surface area contributed by atoms with Gasteiger partial charge in [-0.1, -0.05) is 29.8 Å². The third kappa shape index (κ3) is 2.89. The predicted octanol–water partition coefficient (Wildman–Crippen LogP) is 3.14. The summed E-state index contributed by atoms with van der Waals surface area (Å²) in [4.78, 5) is 0. The van der Waals surface area contributed by atoms with Crippen molar-refractivity contribution in [2.24, 2.45) is 0 Å². The van der Waals surface area contributed by atoms with E-state index in [1.807, 2.05) is 18.2 Å². The normalized spacial score (nSPS) is 16.8. The maximum Gasteiger partial charge on any atom is 0.123 e. The van der Waals surface area contributed by atoms with Crippen molar-refractivity contribution in [3.8, 4) is 11.5 Å². The van der Waals surface area contributed by atoms with Gasteiger partial charge in [0.05, 0.1) is 0 Å². The molecule has 1 aliphatic rings. The van der Waals surface area contributed by atoms with Crippen LogP contribution in [0.2, 0.25) is 5.02 Å². The lowest BCUT2D eigenvalue weighted by Gasteiger charge is -2.12. The smallest absolute Gasteiger partial charge is 0.123 e. The number of nitrogens with one attached hydrogen (secondary N) is 1. The molecular formula is C16H16ClNO2. The van der Waals surface area contributed by atoms with Gasteiger partial charge >= 0.3 is 0 Å². The molecule has 2 N–H and O–H groups in total. The van der Waals surface area contributed by atoms with Crippen LogP contribution in [-0.2, 0) is 13.0 Å². The van der Waals surface area contributed by atoms with Crippen molar-refractivity contribution in [1.82, 2.24) is 5.32 Å². The van der Waals surface area contributed by atoms with Crippen molar-refractivity contribution in [2.45, 2.75) is 19.1 Å². The van der Waals surface area contributed by atoms with Crippen LogP contribution in [0.25, 0.3) is 0 Å². The number of phenolic OH excluding ortho intramolecular Hbond substituents is 1. The molecule has 0 aliphatic carbocycles. The first-order valence-electron chi connectivity index (χ1n) is 6.65. The Morgan fingerprint density at radius 3 is 2.95 bits per heavy atom. The topological polar surface area (TPSA) is 41.5 Å². The maximum atomic E-state index is 9.74. The molecule has 3 rings (SSSR count). The summed E-state index contributed by atoms with van der Waals surface area (Å²) < 4.78 is 5.85. The molecule has 20 heavy (non-hydrogen) atoms. The number of aromatic hydroxyl groups is 1. The minimum atomic E-state index is 0.147. The lowest BCUT2D eigenvalue weighted by atomic mass is 10.1. The number of hydrogen-bond acceptors (Lipinski definition) is 3. The molecule has 3 nitrogen and oxygen atoms in total. The van der Waals surface area contributed by atoms with Gasteiger partial charge in [0, 0.05) is 30.1 Å². The van der Waals surface area contributed by atoms with Gasteiger partial charge in [0.15, 0.2) is 0 Å². The fourth-order valence-electron chi connectivity index (χ4n) is 2.43. The molecule has 0 saturated heterocycles. The highest BCUT2D eigenvalue weighted by atomic mass is 35.5. The van der Waals surface area contributed by atoms with E-state index in [0.717, 1.165) is 24.3 Å². The van der Waals surface area contributed by atoms with Crippen molar-refractivity contribution in [3.63, 3.8) is 0 Å². The Hall–Kier alpha value is -1.71. The molecule has 0 radical (unpaired) electrons. The molecule has 0 fully saturated rings. The van der Waals surface area contributed by atoms with Crippen LogP contribution in [0.5, 0.6) is 11.5 Å². The Morgan fingerprint density at radius 1 is 1.25 bits per heavy atom. The van der Waals surface area contributed by atoms with E-state index in [1.54, 1.807) is 18.2 Å². The number of fused-ring (bicyclic) bond motifs is 1. The standard InChI is InChI=1S/C16H16ClNO2/c17-13-5-6-15(19)12(7-13)9-18-10-14-8-11-3-1-2-4-16(11)20-14/h1-7,14,18-19H,8-10H2. The van der Waals surface area contributed by atoms with Crippen LogP contribution < -0.4 is 10.1 Å². The SMILES string of the molecule is Oc1ccc(Cl)cc1CNCC1Cc2ccccc2O1. The van der Waals surface area contributed by atoms with Crippen LogP contribution in [0.15, 0.2) is 42.5 Å². The van der Waals surface area contributed by atoms with Gasteiger partial charge in [-0.05, 0) is 29.8 Å². The van der Waals surface area contributed by atoms with Crippen LogP contribution >= 0.6 is 11.6 Å². The van der Waals surface area contributed by atoms with Gasteiger partial charge in [0.2, 0.25) is 0 Å². The van der Waals surface area contributed by atoms with E-state index in [1.165, 1.54) is 5.56 Å². The van der Waals surface area contributed by atoms with Gasteiger partial charge in [-0.3, -0.25) is 0 Å². The highest BCUT2D eigenvalue weighted by Crippen LogP contribution is 2.28. The zero-order chi connectivity index (χ0) is 13.9. The van der Waals surface area contributed by atoms with Crippen molar-refractivity contribution in [1.29, 1.82) is 0 Å². The zero-order valence-electron chi connectivity index (χ0n) is 11.0. The maximum absolute atomic E-state index is 9.74. The molecule has 1 aliphatic heterocycles. The van der Waals surface area contributed by atoms with Gasteiger partial charge in [-0.25, -0.2) is 0 Å². The summed E-state index contributed by atoms with van der Waals surface area (Å²) in [7, 11) is 0. The second-order valence-corrected chi connectivity index (χ2v) is 5.39. The number of phenols is 1. The summed E-state index contributed by atoms with van der Waals surface area (Å²) in [6, 6.07) is 13.2. The highest BCUT2D eigenvalue weighted by molar-refractivity contribution is 6.30. The van der Waals surface area contributed by atoms with Crippen LogP contribution in [0.4, 0.5) is 0 Å². The van der Waals surface area contributed by atoms with Crippen molar-refractivity contribution < 1.29 is 9.84 Å². The summed E-state index contributed by atoms with van der Waals surface area (Å²) >= 11 is 5.92. The predicted molar refractivity (Wildman–Crippen MR) is 79.4 cm³/mol. The van der Waals surface area contributed by atoms with Crippen LogP contribution in [0.1, 0.15) is 11.1 Å². The van der Waals surface area contributed by atoms with Crippen LogP contribution in [0.3, 0.4) is 0 Å². The molecule has 1 heterocycles. The first kappa shape index (κ1) is 13.3. The number of ether oxygens (including phenoxy) is 1. The van der Waals surface area contributed by atoms with E-state index in [2.05, 4.69) is 11.4 Å². The lowest BCUT2D eigenvalue weighted by Crippen LogP contribution is -2.29. The van der Waals surface area contributed by atoms with Crippen molar-refractivity contribution >= 4 is 11.6 Å². The molecule has 0 bridgehead atoms. The average molecular weight is 290 g/mol. The Balaban J connectivity index is 1.53. The third-order valence-corrected chi connectivity index (χ3v) is 3.68. The second-order valence-electron chi connectivity index (χ2n) is 4.96. The summed E-state index contributed by atoms with van der Waals surface area (Å²) in [5, 5.41) is 13.7. The van der Waals surface area contributed by atoms with Gasteiger partial charge < -0.3 is 15.2 Å². The molecule has 0 amide bonds. The van der Waals surface area contributed by atoms with E-state index >= 15 is 0 Å². The van der Waals surface area contributed by atoms with E-state index < -0.39 is 0 Å². The Kier molecular flexibility index (Phi) is 3.81. The summed E-state index contributed by atoms with van der Waals surface area (Å²) in [5.41, 5.74) is 2.05. The molecule has 0 saturated carbocycles. The van der Waals surface area contributed by atoms with Crippen molar-refractivity contribution in [2.75, 3.05) is 6.54 Å². The summed E-state index contributed by atoms with van der Waals surface area (Å²) in [6.45, 7) is 1.31. The Bertz CT molecular complexity index is 590. The lowest BCUT2D eigenvalue weighted by molar-refractivity contribution is 0.227. The van der Waals surface area contributed by atoms with E-state index in [4.69, 9.17) is 16.3 Å². The summed E-state index contributed by atoms with van der Waals surface area (Å²) in [5.74, 6) is 1.24.